The molecule has 106 valence electrons. The third-order valence-electron chi connectivity index (χ3n) is 3.52. The Labute approximate surface area is 127 Å². The van der Waals surface area contributed by atoms with E-state index in [1.807, 2.05) is 64.6 Å². The third kappa shape index (κ3) is 2.75. The standard InChI is InChI=1S/C15H18N2OS2/c1-11-15(20-10-9-19-11)14(18)13-7-8-16-17(13)12-5-3-2-4-6-12/h2-8,11,14-15,18H,9-10H2,1H3. The van der Waals surface area contributed by atoms with E-state index in [0.29, 0.717) is 5.25 Å². The van der Waals surface area contributed by atoms with Gasteiger partial charge in [0.25, 0.3) is 0 Å². The molecule has 0 bridgehead atoms. The van der Waals surface area contributed by atoms with Crippen molar-refractivity contribution in [1.82, 2.24) is 9.78 Å². The molecule has 1 fully saturated rings. The number of benzene rings is 1. The summed E-state index contributed by atoms with van der Waals surface area (Å²) in [6, 6.07) is 11.9. The van der Waals surface area contributed by atoms with Crippen molar-refractivity contribution in [3.8, 4) is 5.69 Å². The fraction of sp³-hybridized carbons (Fsp3) is 0.400. The van der Waals surface area contributed by atoms with Crippen molar-refractivity contribution < 1.29 is 5.11 Å². The van der Waals surface area contributed by atoms with E-state index in [9.17, 15) is 5.11 Å². The van der Waals surface area contributed by atoms with Crippen LogP contribution in [-0.4, -0.2) is 36.9 Å². The zero-order valence-corrected chi connectivity index (χ0v) is 13.0. The average Bonchev–Trinajstić information content (AvgIpc) is 2.97. The van der Waals surface area contributed by atoms with Crippen molar-refractivity contribution in [2.75, 3.05) is 11.5 Å². The van der Waals surface area contributed by atoms with Crippen LogP contribution in [0.5, 0.6) is 0 Å². The first-order valence-corrected chi connectivity index (χ1v) is 8.88. The second kappa shape index (κ2) is 6.24. The van der Waals surface area contributed by atoms with Gasteiger partial charge in [0, 0.05) is 28.2 Å². The molecule has 1 saturated heterocycles. The van der Waals surface area contributed by atoms with Gasteiger partial charge in [-0.25, -0.2) is 4.68 Å². The Kier molecular flexibility index (Phi) is 4.38. The van der Waals surface area contributed by atoms with Gasteiger partial charge in [0.1, 0.15) is 6.10 Å². The van der Waals surface area contributed by atoms with Crippen molar-refractivity contribution >= 4 is 23.5 Å². The van der Waals surface area contributed by atoms with Crippen molar-refractivity contribution in [3.63, 3.8) is 0 Å². The van der Waals surface area contributed by atoms with Crippen LogP contribution in [-0.2, 0) is 0 Å². The van der Waals surface area contributed by atoms with Gasteiger partial charge in [0.15, 0.2) is 0 Å². The van der Waals surface area contributed by atoms with E-state index >= 15 is 0 Å². The van der Waals surface area contributed by atoms with Crippen LogP contribution in [0.15, 0.2) is 42.6 Å². The number of thioether (sulfide) groups is 2. The van der Waals surface area contributed by atoms with Crippen LogP contribution < -0.4 is 0 Å². The molecule has 3 atom stereocenters. The first kappa shape index (κ1) is 14.0. The number of aliphatic hydroxyl groups is 1. The Morgan fingerprint density at radius 3 is 2.70 bits per heavy atom. The number of hydrogen-bond acceptors (Lipinski definition) is 4. The zero-order valence-electron chi connectivity index (χ0n) is 11.3. The van der Waals surface area contributed by atoms with Gasteiger partial charge >= 0.3 is 0 Å². The molecular weight excluding hydrogens is 288 g/mol. The lowest BCUT2D eigenvalue weighted by Crippen LogP contribution is -2.30. The van der Waals surface area contributed by atoms with Crippen LogP contribution in [0.2, 0.25) is 0 Å². The van der Waals surface area contributed by atoms with Crippen LogP contribution in [0, 0.1) is 0 Å². The van der Waals surface area contributed by atoms with Gasteiger partial charge in [-0.15, -0.1) is 0 Å². The minimum atomic E-state index is -0.481. The lowest BCUT2D eigenvalue weighted by atomic mass is 10.1. The van der Waals surface area contributed by atoms with Gasteiger partial charge in [0.05, 0.1) is 11.4 Å². The summed E-state index contributed by atoms with van der Waals surface area (Å²) < 4.78 is 1.84. The fourth-order valence-corrected chi connectivity index (χ4v) is 5.30. The average molecular weight is 306 g/mol. The van der Waals surface area contributed by atoms with Gasteiger partial charge in [0.2, 0.25) is 0 Å². The quantitative estimate of drug-likeness (QED) is 0.945. The summed E-state index contributed by atoms with van der Waals surface area (Å²) in [4.78, 5) is 0. The largest absolute Gasteiger partial charge is 0.386 e. The van der Waals surface area contributed by atoms with Gasteiger partial charge in [-0.3, -0.25) is 0 Å². The second-order valence-electron chi connectivity index (χ2n) is 4.86. The number of nitrogens with zero attached hydrogens (tertiary/aromatic N) is 2. The van der Waals surface area contributed by atoms with Gasteiger partial charge < -0.3 is 5.11 Å². The minimum Gasteiger partial charge on any atom is -0.386 e. The molecule has 0 aliphatic carbocycles. The third-order valence-corrected chi connectivity index (χ3v) is 6.70. The molecule has 1 aromatic heterocycles. The van der Waals surface area contributed by atoms with Crippen molar-refractivity contribution in [1.29, 1.82) is 0 Å². The summed E-state index contributed by atoms with van der Waals surface area (Å²) in [6.07, 6.45) is 1.28. The molecule has 3 nitrogen and oxygen atoms in total. The Balaban J connectivity index is 1.89. The predicted molar refractivity (Wildman–Crippen MR) is 86.7 cm³/mol. The lowest BCUT2D eigenvalue weighted by Gasteiger charge is -2.31. The Hall–Kier alpha value is -0.910. The molecule has 1 aliphatic heterocycles. The molecule has 2 aromatic rings. The van der Waals surface area contributed by atoms with Crippen LogP contribution in [0.1, 0.15) is 18.7 Å². The SMILES string of the molecule is CC1SCCSC1C(O)c1ccnn1-c1ccccc1. The maximum absolute atomic E-state index is 10.8. The second-order valence-corrected chi connectivity index (χ2v) is 7.63. The first-order valence-electron chi connectivity index (χ1n) is 6.78. The predicted octanol–water partition coefficient (Wildman–Crippen LogP) is 3.14. The number of aliphatic hydroxyl groups excluding tert-OH is 1. The van der Waals surface area contributed by atoms with E-state index in [1.165, 1.54) is 5.75 Å². The molecule has 2 heterocycles. The highest BCUT2D eigenvalue weighted by Crippen LogP contribution is 2.38. The molecule has 0 saturated carbocycles. The van der Waals surface area contributed by atoms with E-state index in [-0.39, 0.29) is 5.25 Å². The lowest BCUT2D eigenvalue weighted by molar-refractivity contribution is 0.166. The zero-order chi connectivity index (χ0) is 13.9. The first-order chi connectivity index (χ1) is 9.77. The normalized spacial score (nSPS) is 24.5. The minimum absolute atomic E-state index is 0.230. The molecule has 1 N–H and O–H groups in total. The van der Waals surface area contributed by atoms with Crippen LogP contribution in [0.3, 0.4) is 0 Å². The van der Waals surface area contributed by atoms with E-state index in [0.717, 1.165) is 17.1 Å². The topological polar surface area (TPSA) is 38.1 Å². The highest BCUT2D eigenvalue weighted by atomic mass is 32.2. The van der Waals surface area contributed by atoms with E-state index in [4.69, 9.17) is 0 Å². The molecule has 0 amide bonds. The molecular formula is C15H18N2OS2. The smallest absolute Gasteiger partial charge is 0.109 e. The Bertz CT molecular complexity index is 558. The highest BCUT2D eigenvalue weighted by Gasteiger charge is 2.32. The Morgan fingerprint density at radius 1 is 1.20 bits per heavy atom. The van der Waals surface area contributed by atoms with Crippen LogP contribution in [0.4, 0.5) is 0 Å². The van der Waals surface area contributed by atoms with Crippen molar-refractivity contribution in [3.05, 3.63) is 48.3 Å². The monoisotopic (exact) mass is 306 g/mol. The maximum Gasteiger partial charge on any atom is 0.109 e. The van der Waals surface area contributed by atoms with Crippen LogP contribution >= 0.6 is 23.5 Å². The number of aromatic nitrogens is 2. The highest BCUT2D eigenvalue weighted by molar-refractivity contribution is 8.07. The van der Waals surface area contributed by atoms with Gasteiger partial charge in [-0.1, -0.05) is 25.1 Å². The molecule has 5 heteroatoms. The summed E-state index contributed by atoms with van der Waals surface area (Å²) in [5, 5.41) is 15.8. The molecule has 1 aliphatic rings. The summed E-state index contributed by atoms with van der Waals surface area (Å²) in [6.45, 7) is 2.20. The van der Waals surface area contributed by atoms with E-state index in [1.54, 1.807) is 6.20 Å². The molecule has 1 aromatic carbocycles. The van der Waals surface area contributed by atoms with Crippen LogP contribution in [0.25, 0.3) is 5.69 Å². The summed E-state index contributed by atoms with van der Waals surface area (Å²) in [5.74, 6) is 2.28. The fourth-order valence-electron chi connectivity index (χ4n) is 2.49. The Morgan fingerprint density at radius 2 is 1.95 bits per heavy atom. The van der Waals surface area contributed by atoms with Crippen molar-refractivity contribution in [2.24, 2.45) is 0 Å². The summed E-state index contributed by atoms with van der Waals surface area (Å²) >= 11 is 3.81. The molecule has 3 rings (SSSR count). The number of para-hydroxylation sites is 1. The van der Waals surface area contributed by atoms with Gasteiger partial charge in [-0.05, 0) is 18.2 Å². The van der Waals surface area contributed by atoms with Crippen molar-refractivity contribution in [2.45, 2.75) is 23.5 Å². The van der Waals surface area contributed by atoms with Gasteiger partial charge in [-0.2, -0.15) is 28.6 Å². The number of hydrogen-bond donors (Lipinski definition) is 1. The summed E-state index contributed by atoms with van der Waals surface area (Å²) in [5.41, 5.74) is 1.87. The summed E-state index contributed by atoms with van der Waals surface area (Å²) in [7, 11) is 0. The molecule has 0 radical (unpaired) electrons. The number of rotatable bonds is 3. The molecule has 0 spiro atoms. The van der Waals surface area contributed by atoms with E-state index in [2.05, 4.69) is 12.0 Å². The molecule has 3 unspecified atom stereocenters. The molecule has 20 heavy (non-hydrogen) atoms. The maximum atomic E-state index is 10.8. The van der Waals surface area contributed by atoms with E-state index < -0.39 is 6.10 Å².